The van der Waals surface area contributed by atoms with Crippen LogP contribution in [0.1, 0.15) is 71.9 Å². The Labute approximate surface area is 224 Å². The van der Waals surface area contributed by atoms with Gasteiger partial charge in [-0.15, -0.1) is 0 Å². The first-order valence-corrected chi connectivity index (χ1v) is 13.2. The number of aliphatic hydroxyl groups excluding tert-OH is 2. The van der Waals surface area contributed by atoms with Crippen LogP contribution in [0.25, 0.3) is 0 Å². The molecular weight excluding hydrogens is 486 g/mol. The molecule has 0 saturated heterocycles. The Bertz CT molecular complexity index is 1010. The van der Waals surface area contributed by atoms with Crippen molar-refractivity contribution in [1.82, 2.24) is 5.32 Å². The van der Waals surface area contributed by atoms with E-state index in [-0.39, 0.29) is 18.1 Å². The molecule has 3 aromatic rings. The maximum Gasteiger partial charge on any atom is 0.371 e. The smallest absolute Gasteiger partial charge is 0.371 e. The second kappa shape index (κ2) is 19.0. The van der Waals surface area contributed by atoms with E-state index in [1.165, 1.54) is 36.4 Å². The van der Waals surface area contributed by atoms with Gasteiger partial charge in [0.1, 0.15) is 5.75 Å². The number of carbonyl (C=O) groups is 1. The number of unbranched alkanes of at least 4 members (excludes halogenated alkanes) is 4. The lowest BCUT2D eigenvalue weighted by Crippen LogP contribution is -2.22. The maximum absolute atomic E-state index is 10.2. The first-order valence-electron chi connectivity index (χ1n) is 13.2. The molecule has 1 heterocycles. The second-order valence-electron chi connectivity index (χ2n) is 9.02. The summed E-state index contributed by atoms with van der Waals surface area (Å²) < 4.78 is 10.2. The number of nitrogens with one attached hydrogen (secondary N) is 1. The number of furan rings is 1. The molecule has 0 spiro atoms. The van der Waals surface area contributed by atoms with E-state index >= 15 is 0 Å². The zero-order valence-electron chi connectivity index (χ0n) is 21.9. The molecule has 8 nitrogen and oxygen atoms in total. The van der Waals surface area contributed by atoms with Crippen LogP contribution in [0.15, 0.2) is 71.3 Å². The van der Waals surface area contributed by atoms with Crippen molar-refractivity contribution >= 4 is 5.97 Å². The molecule has 0 aliphatic heterocycles. The number of phenols is 1. The van der Waals surface area contributed by atoms with Crippen LogP contribution in [0.4, 0.5) is 0 Å². The average molecular weight is 528 g/mol. The van der Waals surface area contributed by atoms with E-state index in [2.05, 4.69) is 40.1 Å². The molecular formula is C30H41NO7. The highest BCUT2D eigenvalue weighted by Crippen LogP contribution is 2.22. The Morgan fingerprint density at radius 3 is 2.32 bits per heavy atom. The molecule has 0 saturated carbocycles. The van der Waals surface area contributed by atoms with E-state index in [1.807, 2.05) is 0 Å². The van der Waals surface area contributed by atoms with Gasteiger partial charge in [0.2, 0.25) is 5.76 Å². The third kappa shape index (κ3) is 12.9. The van der Waals surface area contributed by atoms with Gasteiger partial charge >= 0.3 is 5.97 Å². The first kappa shape index (κ1) is 31.1. The Morgan fingerprint density at radius 2 is 1.66 bits per heavy atom. The maximum atomic E-state index is 10.2. The fraction of sp³-hybridized carbons (Fsp3) is 0.433. The van der Waals surface area contributed by atoms with Gasteiger partial charge in [-0.05, 0) is 74.0 Å². The van der Waals surface area contributed by atoms with Gasteiger partial charge in [-0.2, -0.15) is 0 Å². The topological polar surface area (TPSA) is 132 Å². The van der Waals surface area contributed by atoms with Gasteiger partial charge in [-0.25, -0.2) is 4.79 Å². The lowest BCUT2D eigenvalue weighted by Gasteiger charge is -2.14. The molecule has 0 aliphatic carbocycles. The number of carboxylic acids is 1. The molecule has 1 atom stereocenters. The summed E-state index contributed by atoms with van der Waals surface area (Å²) in [5.41, 5.74) is 2.53. The van der Waals surface area contributed by atoms with Crippen molar-refractivity contribution in [2.24, 2.45) is 0 Å². The molecule has 8 heteroatoms. The van der Waals surface area contributed by atoms with Crippen LogP contribution in [0.5, 0.6) is 5.75 Å². The number of aliphatic hydroxyl groups is 2. The molecule has 0 fully saturated rings. The van der Waals surface area contributed by atoms with E-state index < -0.39 is 12.1 Å². The van der Waals surface area contributed by atoms with Gasteiger partial charge in [0, 0.05) is 25.3 Å². The second-order valence-corrected chi connectivity index (χ2v) is 9.02. The van der Waals surface area contributed by atoms with Crippen molar-refractivity contribution in [2.75, 3.05) is 26.3 Å². The Morgan fingerprint density at radius 1 is 0.921 bits per heavy atom. The number of aryl methyl sites for hydroxylation is 1. The first-order chi connectivity index (χ1) is 18.5. The quantitative estimate of drug-likeness (QED) is 0.153. The lowest BCUT2D eigenvalue weighted by atomic mass is 10.1. The van der Waals surface area contributed by atoms with E-state index in [1.54, 1.807) is 12.1 Å². The predicted molar refractivity (Wildman–Crippen MR) is 146 cm³/mol. The van der Waals surface area contributed by atoms with Crippen molar-refractivity contribution in [2.45, 2.75) is 57.7 Å². The molecule has 2 aromatic carbocycles. The minimum Gasteiger partial charge on any atom is -0.508 e. The molecule has 3 rings (SSSR count). The van der Waals surface area contributed by atoms with Crippen molar-refractivity contribution < 1.29 is 34.4 Å². The van der Waals surface area contributed by atoms with E-state index in [0.29, 0.717) is 17.7 Å². The van der Waals surface area contributed by atoms with Crippen LogP contribution >= 0.6 is 0 Å². The van der Waals surface area contributed by atoms with E-state index in [0.717, 1.165) is 58.3 Å². The average Bonchev–Trinajstić information content (AvgIpc) is 3.48. The zero-order chi connectivity index (χ0) is 27.4. The van der Waals surface area contributed by atoms with Crippen molar-refractivity contribution in [3.63, 3.8) is 0 Å². The van der Waals surface area contributed by atoms with Gasteiger partial charge in [-0.1, -0.05) is 49.2 Å². The van der Waals surface area contributed by atoms with Crippen LogP contribution in [0, 0.1) is 0 Å². The summed E-state index contributed by atoms with van der Waals surface area (Å²) in [6, 6.07) is 18.3. The molecule has 208 valence electrons. The molecule has 38 heavy (non-hydrogen) atoms. The van der Waals surface area contributed by atoms with Gasteiger partial charge in [0.05, 0.1) is 19.0 Å². The molecule has 5 N–H and O–H groups in total. The number of rotatable bonds is 17. The summed E-state index contributed by atoms with van der Waals surface area (Å²) in [7, 11) is 0. The normalized spacial score (nSPS) is 11.5. The minimum atomic E-state index is -1.03. The van der Waals surface area contributed by atoms with Crippen molar-refractivity contribution in [3.05, 3.63) is 89.4 Å². The molecule has 1 unspecified atom stereocenters. The molecule has 0 amide bonds. The van der Waals surface area contributed by atoms with E-state index in [4.69, 9.17) is 9.84 Å². The Kier molecular flexibility index (Phi) is 15.5. The summed E-state index contributed by atoms with van der Waals surface area (Å²) in [4.78, 5) is 9.97. The number of ether oxygens (including phenoxy) is 1. The van der Waals surface area contributed by atoms with Crippen LogP contribution in [-0.2, 0) is 17.8 Å². The van der Waals surface area contributed by atoms with Crippen molar-refractivity contribution in [3.8, 4) is 5.75 Å². The standard InChI is InChI=1S/C25H37NO4.C5H4O3/c27-20-23-18-22(13-14-24(23)28)25(29)19-26-15-7-1-2-8-16-30-17-9-6-12-21-10-4-3-5-11-21;6-5(7)4-2-1-3-8-4/h3-5,10-11,13-14,18,25-29H,1-2,6-9,12,15-17,19-20H2;1-3H,(H,6,7). The number of hydrogen-bond donors (Lipinski definition) is 5. The summed E-state index contributed by atoms with van der Waals surface area (Å²) in [6.45, 7) is 2.77. The van der Waals surface area contributed by atoms with E-state index in [9.17, 15) is 20.1 Å². The molecule has 1 aromatic heterocycles. The fourth-order valence-electron chi connectivity index (χ4n) is 3.78. The Balaban J connectivity index is 0.000000538. The third-order valence-electron chi connectivity index (χ3n) is 5.97. The van der Waals surface area contributed by atoms with Crippen molar-refractivity contribution in [1.29, 1.82) is 0 Å². The van der Waals surface area contributed by atoms with Crippen LogP contribution < -0.4 is 5.32 Å². The summed E-state index contributed by atoms with van der Waals surface area (Å²) in [5.74, 6) is -1.00. The Hall–Kier alpha value is -3.17. The van der Waals surface area contributed by atoms with Gasteiger partial charge in [-0.3, -0.25) is 0 Å². The monoisotopic (exact) mass is 527 g/mol. The van der Waals surface area contributed by atoms with Crippen LogP contribution in [0.2, 0.25) is 0 Å². The van der Waals surface area contributed by atoms with Crippen LogP contribution in [0.3, 0.4) is 0 Å². The summed E-state index contributed by atoms with van der Waals surface area (Å²) >= 11 is 0. The number of benzene rings is 2. The van der Waals surface area contributed by atoms with Gasteiger partial charge < -0.3 is 34.9 Å². The molecule has 0 bridgehead atoms. The summed E-state index contributed by atoms with van der Waals surface area (Å²) in [6.07, 6.45) is 8.56. The SMILES string of the molecule is O=C(O)c1ccco1.OCc1cc(C(O)CNCCCCCCOCCCCc2ccccc2)ccc1O. The highest BCUT2D eigenvalue weighted by atomic mass is 16.5. The number of carboxylic acid groups (broad SMARTS) is 1. The number of aromatic carboxylic acids is 1. The third-order valence-corrected chi connectivity index (χ3v) is 5.97. The van der Waals surface area contributed by atoms with Gasteiger partial charge in [0.15, 0.2) is 0 Å². The van der Waals surface area contributed by atoms with Crippen LogP contribution in [-0.4, -0.2) is 52.7 Å². The minimum absolute atomic E-state index is 0.0231. The number of hydrogen-bond acceptors (Lipinski definition) is 7. The zero-order valence-corrected chi connectivity index (χ0v) is 21.9. The fourth-order valence-corrected chi connectivity index (χ4v) is 3.78. The molecule has 0 aliphatic rings. The lowest BCUT2D eigenvalue weighted by molar-refractivity contribution is 0.0662. The molecule has 0 radical (unpaired) electrons. The largest absolute Gasteiger partial charge is 0.508 e. The highest BCUT2D eigenvalue weighted by molar-refractivity contribution is 5.84. The number of aromatic hydroxyl groups is 1. The summed E-state index contributed by atoms with van der Waals surface area (Å²) in [5, 5.41) is 40.4. The highest BCUT2D eigenvalue weighted by Gasteiger charge is 2.10. The van der Waals surface area contributed by atoms with Gasteiger partial charge in [0.25, 0.3) is 0 Å². The predicted octanol–water partition coefficient (Wildman–Crippen LogP) is 5.09.